The molecule has 0 saturated heterocycles. The average molecular weight is 409 g/mol. The maximum Gasteiger partial charge on any atom is 0.160 e. The summed E-state index contributed by atoms with van der Waals surface area (Å²) in [5, 5.41) is 3.41. The van der Waals surface area contributed by atoms with Crippen molar-refractivity contribution >= 4 is 21.7 Å². The summed E-state index contributed by atoms with van der Waals surface area (Å²) in [5.74, 6) is 0.722. The molecule has 3 nitrogen and oxygen atoms in total. The molecule has 0 saturated carbocycles. The molecule has 0 spiro atoms. The molecule has 4 aromatic carbocycles. The molecule has 6 rings (SSSR count). The van der Waals surface area contributed by atoms with E-state index in [-0.39, 0.29) is 0 Å². The van der Waals surface area contributed by atoms with Crippen LogP contribution in [0.2, 0.25) is 0 Å². The van der Waals surface area contributed by atoms with Gasteiger partial charge in [0.25, 0.3) is 0 Å². The third kappa shape index (κ3) is 3.21. The molecule has 0 aliphatic heterocycles. The number of benzene rings is 4. The van der Waals surface area contributed by atoms with Crippen molar-refractivity contribution in [3.63, 3.8) is 0 Å². The van der Waals surface area contributed by atoms with Crippen LogP contribution in [0.15, 0.2) is 115 Å². The Balaban J connectivity index is 1.62. The van der Waals surface area contributed by atoms with Gasteiger partial charge in [0.1, 0.15) is 0 Å². The fourth-order valence-corrected chi connectivity index (χ4v) is 4.17. The van der Waals surface area contributed by atoms with Gasteiger partial charge in [0.15, 0.2) is 5.82 Å². The van der Waals surface area contributed by atoms with Crippen molar-refractivity contribution in [2.45, 2.75) is 0 Å². The molecule has 0 bridgehead atoms. The van der Waals surface area contributed by atoms with Gasteiger partial charge in [-0.25, -0.2) is 9.97 Å². The molecule has 3 heteroatoms. The molecule has 0 unspecified atom stereocenters. The predicted octanol–water partition coefficient (Wildman–Crippen LogP) is 7.18. The third-order valence-electron chi connectivity index (χ3n) is 5.73. The molecule has 0 radical (unpaired) electrons. The number of fused-ring (bicyclic) bond motifs is 2. The first-order valence-corrected chi connectivity index (χ1v) is 10.6. The summed E-state index contributed by atoms with van der Waals surface area (Å²) in [6, 6.07) is 37.2. The number of aromatic nitrogens is 3. The van der Waals surface area contributed by atoms with Crippen molar-refractivity contribution in [1.82, 2.24) is 15.0 Å². The summed E-state index contributed by atoms with van der Waals surface area (Å²) in [5.41, 5.74) is 5.88. The summed E-state index contributed by atoms with van der Waals surface area (Å²) in [4.78, 5) is 14.6. The summed E-state index contributed by atoms with van der Waals surface area (Å²) in [6.07, 6.45) is 1.82. The first-order valence-electron chi connectivity index (χ1n) is 10.6. The SMILES string of the molecule is c1ccc(-c2ccccc2-c2nc(-c3ccc4ccccc4c3)nc3ccccc23)nc1. The maximum absolute atomic E-state index is 5.10. The molecule has 0 fully saturated rings. The van der Waals surface area contributed by atoms with Crippen molar-refractivity contribution < 1.29 is 0 Å². The average Bonchev–Trinajstić information content (AvgIpc) is 2.88. The van der Waals surface area contributed by atoms with Gasteiger partial charge in [-0.3, -0.25) is 4.98 Å². The van der Waals surface area contributed by atoms with E-state index in [1.165, 1.54) is 10.8 Å². The largest absolute Gasteiger partial charge is 0.256 e. The van der Waals surface area contributed by atoms with Crippen LogP contribution < -0.4 is 0 Å². The number of rotatable bonds is 3. The van der Waals surface area contributed by atoms with Gasteiger partial charge >= 0.3 is 0 Å². The summed E-state index contributed by atoms with van der Waals surface area (Å²) in [7, 11) is 0. The molecule has 32 heavy (non-hydrogen) atoms. The minimum atomic E-state index is 0.722. The lowest BCUT2D eigenvalue weighted by molar-refractivity contribution is 1.23. The molecule has 2 aromatic heterocycles. The Bertz CT molecular complexity index is 1570. The monoisotopic (exact) mass is 409 g/mol. The van der Waals surface area contributed by atoms with Crippen molar-refractivity contribution in [3.05, 3.63) is 115 Å². The second-order valence-corrected chi connectivity index (χ2v) is 7.74. The van der Waals surface area contributed by atoms with Crippen LogP contribution in [0.1, 0.15) is 0 Å². The zero-order valence-corrected chi connectivity index (χ0v) is 17.3. The highest BCUT2D eigenvalue weighted by molar-refractivity contribution is 5.98. The second kappa shape index (κ2) is 7.71. The van der Waals surface area contributed by atoms with Crippen molar-refractivity contribution in [2.75, 3.05) is 0 Å². The zero-order chi connectivity index (χ0) is 21.3. The van der Waals surface area contributed by atoms with E-state index in [1.807, 2.05) is 48.7 Å². The molecule has 0 atom stereocenters. The Morgan fingerprint density at radius 1 is 0.531 bits per heavy atom. The lowest BCUT2D eigenvalue weighted by Gasteiger charge is -2.13. The van der Waals surface area contributed by atoms with Crippen LogP contribution in [-0.2, 0) is 0 Å². The van der Waals surface area contributed by atoms with E-state index in [1.54, 1.807) is 0 Å². The van der Waals surface area contributed by atoms with Crippen LogP contribution in [0.3, 0.4) is 0 Å². The van der Waals surface area contributed by atoms with Gasteiger partial charge in [0, 0.05) is 28.3 Å². The van der Waals surface area contributed by atoms with E-state index >= 15 is 0 Å². The minimum absolute atomic E-state index is 0.722. The topological polar surface area (TPSA) is 38.7 Å². The predicted molar refractivity (Wildman–Crippen MR) is 131 cm³/mol. The van der Waals surface area contributed by atoms with Crippen LogP contribution >= 0.6 is 0 Å². The highest BCUT2D eigenvalue weighted by Gasteiger charge is 2.15. The molecule has 6 aromatic rings. The molecule has 0 N–H and O–H groups in total. The highest BCUT2D eigenvalue weighted by Crippen LogP contribution is 2.35. The van der Waals surface area contributed by atoms with Gasteiger partial charge in [-0.05, 0) is 35.0 Å². The Morgan fingerprint density at radius 3 is 2.16 bits per heavy atom. The molecule has 2 heterocycles. The van der Waals surface area contributed by atoms with Crippen LogP contribution in [0.4, 0.5) is 0 Å². The quantitative estimate of drug-likeness (QED) is 0.311. The van der Waals surface area contributed by atoms with E-state index in [0.717, 1.165) is 44.8 Å². The number of nitrogens with zero attached hydrogens (tertiary/aromatic N) is 3. The first-order chi connectivity index (χ1) is 15.9. The van der Waals surface area contributed by atoms with Gasteiger partial charge < -0.3 is 0 Å². The number of hydrogen-bond donors (Lipinski definition) is 0. The lowest BCUT2D eigenvalue weighted by Crippen LogP contribution is -1.97. The summed E-state index contributed by atoms with van der Waals surface area (Å²) >= 11 is 0. The molecule has 0 aliphatic carbocycles. The fraction of sp³-hybridized carbons (Fsp3) is 0. The van der Waals surface area contributed by atoms with Gasteiger partial charge in [-0.15, -0.1) is 0 Å². The van der Waals surface area contributed by atoms with Crippen LogP contribution in [-0.4, -0.2) is 15.0 Å². The zero-order valence-electron chi connectivity index (χ0n) is 17.3. The van der Waals surface area contributed by atoms with Gasteiger partial charge in [-0.1, -0.05) is 84.9 Å². The van der Waals surface area contributed by atoms with Crippen LogP contribution in [0, 0.1) is 0 Å². The van der Waals surface area contributed by atoms with Crippen LogP contribution in [0.5, 0.6) is 0 Å². The maximum atomic E-state index is 5.10. The van der Waals surface area contributed by atoms with E-state index in [2.05, 4.69) is 71.7 Å². The first kappa shape index (κ1) is 18.4. The molecule has 150 valence electrons. The van der Waals surface area contributed by atoms with Gasteiger partial charge in [0.2, 0.25) is 0 Å². The van der Waals surface area contributed by atoms with Gasteiger partial charge in [-0.2, -0.15) is 0 Å². The molecule has 0 amide bonds. The van der Waals surface area contributed by atoms with E-state index in [9.17, 15) is 0 Å². The van der Waals surface area contributed by atoms with Crippen molar-refractivity contribution in [2.24, 2.45) is 0 Å². The van der Waals surface area contributed by atoms with E-state index in [4.69, 9.17) is 9.97 Å². The van der Waals surface area contributed by atoms with E-state index < -0.39 is 0 Å². The van der Waals surface area contributed by atoms with Gasteiger partial charge in [0.05, 0.1) is 16.9 Å². The number of pyridine rings is 1. The second-order valence-electron chi connectivity index (χ2n) is 7.74. The smallest absolute Gasteiger partial charge is 0.160 e. The highest BCUT2D eigenvalue weighted by atomic mass is 14.9. The summed E-state index contributed by atoms with van der Waals surface area (Å²) < 4.78 is 0. The molecular formula is C29H19N3. The third-order valence-corrected chi connectivity index (χ3v) is 5.73. The Labute approximate surface area is 186 Å². The molecular weight excluding hydrogens is 390 g/mol. The molecule has 0 aliphatic rings. The number of para-hydroxylation sites is 1. The minimum Gasteiger partial charge on any atom is -0.256 e. The summed E-state index contributed by atoms with van der Waals surface area (Å²) in [6.45, 7) is 0. The Morgan fingerprint density at radius 2 is 1.28 bits per heavy atom. The Kier molecular flexibility index (Phi) is 4.43. The van der Waals surface area contributed by atoms with Crippen molar-refractivity contribution in [3.8, 4) is 33.9 Å². The lowest BCUT2D eigenvalue weighted by atomic mass is 9.98. The normalized spacial score (nSPS) is 11.1. The van der Waals surface area contributed by atoms with E-state index in [0.29, 0.717) is 0 Å². The fourth-order valence-electron chi connectivity index (χ4n) is 4.17. The van der Waals surface area contributed by atoms with Crippen molar-refractivity contribution in [1.29, 1.82) is 0 Å². The van der Waals surface area contributed by atoms with Crippen LogP contribution in [0.25, 0.3) is 55.6 Å². The standard InChI is InChI=1S/C29H19N3/c1-2-10-21-19-22(17-16-20(21)9-1)29-31-27-15-6-5-13-25(27)28(32-29)24-12-4-3-11-23(24)26-14-7-8-18-30-26/h1-19H. The number of hydrogen-bond acceptors (Lipinski definition) is 3. The Hall–Kier alpha value is -4.37.